The normalized spacial score (nSPS) is 22.4. The van der Waals surface area contributed by atoms with E-state index in [1.54, 1.807) is 18.6 Å². The summed E-state index contributed by atoms with van der Waals surface area (Å²) < 4.78 is 23.2. The molecule has 0 radical (unpaired) electrons. The summed E-state index contributed by atoms with van der Waals surface area (Å²) in [6, 6.07) is 3.58. The van der Waals surface area contributed by atoms with E-state index in [-0.39, 0.29) is 17.5 Å². The molecule has 0 spiro atoms. The van der Waals surface area contributed by atoms with Crippen molar-refractivity contribution in [2.24, 2.45) is 0 Å². The fraction of sp³-hybridized carbons (Fsp3) is 0.500. The number of sulfone groups is 1. The van der Waals surface area contributed by atoms with Crippen LogP contribution in [0, 0.1) is 0 Å². The van der Waals surface area contributed by atoms with Crippen molar-refractivity contribution in [3.8, 4) is 0 Å². The predicted molar refractivity (Wildman–Crippen MR) is 99.2 cm³/mol. The minimum atomic E-state index is -2.92. The lowest BCUT2D eigenvalue weighted by Crippen LogP contribution is -2.47. The van der Waals surface area contributed by atoms with Gasteiger partial charge in [0.05, 0.1) is 11.5 Å². The van der Waals surface area contributed by atoms with Gasteiger partial charge >= 0.3 is 0 Å². The van der Waals surface area contributed by atoms with E-state index >= 15 is 0 Å². The van der Waals surface area contributed by atoms with Gasteiger partial charge in [-0.1, -0.05) is 0 Å². The summed E-state index contributed by atoms with van der Waals surface area (Å²) in [5.41, 5.74) is 0. The molecule has 2 fully saturated rings. The molecule has 2 aliphatic heterocycles. The molecule has 1 unspecified atom stereocenters. The third kappa shape index (κ3) is 3.85. The Kier molecular flexibility index (Phi) is 4.58. The van der Waals surface area contributed by atoms with Crippen LogP contribution in [0.4, 0.5) is 17.7 Å². The van der Waals surface area contributed by atoms with E-state index in [2.05, 4.69) is 35.1 Å². The van der Waals surface area contributed by atoms with Crippen molar-refractivity contribution in [1.29, 1.82) is 0 Å². The van der Waals surface area contributed by atoms with E-state index in [0.29, 0.717) is 12.4 Å². The maximum absolute atomic E-state index is 11.6. The highest BCUT2D eigenvalue weighted by Crippen LogP contribution is 2.19. The van der Waals surface area contributed by atoms with E-state index in [1.807, 2.05) is 12.1 Å². The van der Waals surface area contributed by atoms with Gasteiger partial charge in [0.25, 0.3) is 0 Å². The monoisotopic (exact) mass is 375 g/mol. The summed E-state index contributed by atoms with van der Waals surface area (Å²) in [7, 11) is -2.92. The summed E-state index contributed by atoms with van der Waals surface area (Å²) in [4.78, 5) is 21.7. The second-order valence-corrected chi connectivity index (χ2v) is 8.73. The molecule has 2 saturated heterocycles. The van der Waals surface area contributed by atoms with Gasteiger partial charge in [-0.25, -0.2) is 23.4 Å². The summed E-state index contributed by atoms with van der Waals surface area (Å²) >= 11 is 0. The van der Waals surface area contributed by atoms with Crippen molar-refractivity contribution < 1.29 is 8.42 Å². The quantitative estimate of drug-likeness (QED) is 0.802. The Morgan fingerprint density at radius 2 is 1.73 bits per heavy atom. The summed E-state index contributed by atoms with van der Waals surface area (Å²) in [5.74, 6) is 2.46. The lowest BCUT2D eigenvalue weighted by Gasteiger charge is -2.35. The fourth-order valence-corrected chi connectivity index (χ4v) is 4.95. The van der Waals surface area contributed by atoms with Crippen molar-refractivity contribution in [1.82, 2.24) is 19.9 Å². The molecule has 0 aromatic carbocycles. The fourth-order valence-electron chi connectivity index (χ4n) is 3.28. The Morgan fingerprint density at radius 1 is 1.00 bits per heavy atom. The Bertz CT molecular complexity index is 854. The van der Waals surface area contributed by atoms with Gasteiger partial charge in [-0.2, -0.15) is 4.98 Å². The second kappa shape index (κ2) is 7.02. The number of aromatic nitrogens is 4. The van der Waals surface area contributed by atoms with Gasteiger partial charge in [0, 0.05) is 50.8 Å². The number of hydrogen-bond acceptors (Lipinski definition) is 9. The van der Waals surface area contributed by atoms with Crippen LogP contribution in [0.25, 0.3) is 0 Å². The van der Waals surface area contributed by atoms with Crippen LogP contribution in [0.15, 0.2) is 30.7 Å². The number of hydrogen-bond donors (Lipinski definition) is 1. The van der Waals surface area contributed by atoms with Crippen LogP contribution in [0.3, 0.4) is 0 Å². The molecule has 1 atom stereocenters. The Hall–Kier alpha value is -2.49. The molecule has 0 bridgehead atoms. The van der Waals surface area contributed by atoms with Crippen molar-refractivity contribution in [2.75, 3.05) is 52.8 Å². The third-order valence-corrected chi connectivity index (χ3v) is 6.41. The molecule has 4 heterocycles. The van der Waals surface area contributed by atoms with Gasteiger partial charge in [0.1, 0.15) is 5.82 Å². The first-order valence-corrected chi connectivity index (χ1v) is 10.5. The minimum absolute atomic E-state index is 0.109. The highest BCUT2D eigenvalue weighted by Gasteiger charge is 2.28. The Morgan fingerprint density at radius 3 is 2.42 bits per heavy atom. The Labute approximate surface area is 152 Å². The predicted octanol–water partition coefficient (Wildman–Crippen LogP) is 0.192. The topological polar surface area (TPSA) is 104 Å². The van der Waals surface area contributed by atoms with E-state index in [4.69, 9.17) is 0 Å². The molecule has 1 N–H and O–H groups in total. The first-order valence-electron chi connectivity index (χ1n) is 8.66. The highest BCUT2D eigenvalue weighted by molar-refractivity contribution is 7.91. The summed E-state index contributed by atoms with van der Waals surface area (Å²) in [6.45, 7) is 3.26. The van der Waals surface area contributed by atoms with Crippen LogP contribution in [0.2, 0.25) is 0 Å². The molecule has 10 heteroatoms. The Balaban J connectivity index is 1.38. The maximum atomic E-state index is 11.6. The van der Waals surface area contributed by atoms with Gasteiger partial charge < -0.3 is 15.1 Å². The smallest absolute Gasteiger partial charge is 0.225 e. The lowest BCUT2D eigenvalue weighted by atomic mass is 10.3. The first kappa shape index (κ1) is 17.0. The summed E-state index contributed by atoms with van der Waals surface area (Å²) in [5, 5.41) is 3.15. The van der Waals surface area contributed by atoms with E-state index < -0.39 is 9.84 Å². The van der Waals surface area contributed by atoms with Crippen LogP contribution < -0.4 is 15.1 Å². The minimum Gasteiger partial charge on any atom is -0.353 e. The molecule has 0 amide bonds. The van der Waals surface area contributed by atoms with Gasteiger partial charge in [0.2, 0.25) is 11.9 Å². The number of rotatable bonds is 4. The lowest BCUT2D eigenvalue weighted by molar-refractivity contribution is 0.602. The molecule has 9 nitrogen and oxygen atoms in total. The first-order chi connectivity index (χ1) is 12.6. The zero-order valence-electron chi connectivity index (χ0n) is 14.3. The molecular weight excluding hydrogens is 354 g/mol. The largest absolute Gasteiger partial charge is 0.353 e. The molecule has 4 rings (SSSR count). The van der Waals surface area contributed by atoms with Gasteiger partial charge in [-0.15, -0.1) is 0 Å². The molecule has 0 saturated carbocycles. The van der Waals surface area contributed by atoms with Crippen LogP contribution >= 0.6 is 0 Å². The molecule has 0 aliphatic carbocycles. The molecule has 2 aromatic rings. The van der Waals surface area contributed by atoms with E-state index in [0.717, 1.165) is 37.9 Å². The van der Waals surface area contributed by atoms with Crippen LogP contribution in [0.5, 0.6) is 0 Å². The maximum Gasteiger partial charge on any atom is 0.225 e. The number of anilines is 3. The van der Waals surface area contributed by atoms with E-state index in [1.165, 1.54) is 0 Å². The number of nitrogens with one attached hydrogen (secondary N) is 1. The highest BCUT2D eigenvalue weighted by atomic mass is 32.2. The average molecular weight is 375 g/mol. The van der Waals surface area contributed by atoms with Gasteiger partial charge in [-0.3, -0.25) is 0 Å². The van der Waals surface area contributed by atoms with E-state index in [9.17, 15) is 8.42 Å². The zero-order valence-corrected chi connectivity index (χ0v) is 15.1. The van der Waals surface area contributed by atoms with Crippen molar-refractivity contribution in [3.63, 3.8) is 0 Å². The van der Waals surface area contributed by atoms with Gasteiger partial charge in [-0.05, 0) is 18.6 Å². The van der Waals surface area contributed by atoms with Crippen LogP contribution in [0.1, 0.15) is 6.42 Å². The molecule has 2 aromatic heterocycles. The standard InChI is InChI=1S/C16H21N7O2S/c24-26(25)11-3-13(12-26)20-15-17-6-2-14(21-15)22-7-9-23(10-8-22)16-18-4-1-5-19-16/h1-2,4-6,13H,3,7-12H2,(H,17,20,21). The second-order valence-electron chi connectivity index (χ2n) is 6.51. The van der Waals surface area contributed by atoms with Crippen molar-refractivity contribution in [3.05, 3.63) is 30.7 Å². The van der Waals surface area contributed by atoms with Crippen molar-refractivity contribution >= 4 is 27.6 Å². The molecule has 138 valence electrons. The van der Waals surface area contributed by atoms with Gasteiger partial charge in [0.15, 0.2) is 9.84 Å². The molecule has 26 heavy (non-hydrogen) atoms. The van der Waals surface area contributed by atoms with Crippen LogP contribution in [-0.4, -0.2) is 72.1 Å². The average Bonchev–Trinajstić information content (AvgIpc) is 3.01. The SMILES string of the molecule is O=S1(=O)CCC(Nc2nccc(N3CCN(c4ncccn4)CC3)n2)C1. The number of nitrogens with zero attached hydrogens (tertiary/aromatic N) is 6. The van der Waals surface area contributed by atoms with Crippen molar-refractivity contribution in [2.45, 2.75) is 12.5 Å². The molecule has 2 aliphatic rings. The number of piperazine rings is 1. The third-order valence-electron chi connectivity index (χ3n) is 4.65. The van der Waals surface area contributed by atoms with Crippen LogP contribution in [-0.2, 0) is 9.84 Å². The summed E-state index contributed by atoms with van der Waals surface area (Å²) in [6.07, 6.45) is 5.81. The molecular formula is C16H21N7O2S. The zero-order chi connectivity index (χ0) is 18.0.